The number of carbonyl (C=O) groups is 3. The third kappa shape index (κ3) is 48.1. The summed E-state index contributed by atoms with van der Waals surface area (Å²) in [5, 5.41) is 0. The number of rotatable bonds is 47. The van der Waals surface area contributed by atoms with E-state index in [1.54, 1.807) is 0 Å². The smallest absolute Gasteiger partial charge is 0.306 e. The summed E-state index contributed by atoms with van der Waals surface area (Å²) in [6.07, 6.45) is 62.0. The third-order valence-electron chi connectivity index (χ3n) is 11.3. The highest BCUT2D eigenvalue weighted by molar-refractivity contribution is 5.71. The van der Waals surface area contributed by atoms with Gasteiger partial charge in [0, 0.05) is 19.3 Å². The molecule has 0 saturated carbocycles. The molecule has 0 spiro atoms. The Hall–Kier alpha value is -2.89. The minimum Gasteiger partial charge on any atom is -0.462 e. The zero-order valence-corrected chi connectivity index (χ0v) is 40.9. The first-order chi connectivity index (χ1) is 30.5. The number of hydrogen-bond acceptors (Lipinski definition) is 6. The lowest BCUT2D eigenvalue weighted by Gasteiger charge is -2.18. The van der Waals surface area contributed by atoms with Gasteiger partial charge < -0.3 is 14.2 Å². The minimum atomic E-state index is -0.783. The number of carbonyl (C=O) groups excluding carboxylic acids is 3. The Morgan fingerprint density at radius 2 is 0.629 bits per heavy atom. The molecule has 0 aromatic rings. The first-order valence-electron chi connectivity index (χ1n) is 26.3. The van der Waals surface area contributed by atoms with Gasteiger partial charge in [-0.2, -0.15) is 0 Å². The number of unbranched alkanes of at least 4 members (excludes halogenated alkanes) is 29. The average Bonchev–Trinajstić information content (AvgIpc) is 3.27. The molecule has 0 bridgehead atoms. The van der Waals surface area contributed by atoms with Gasteiger partial charge in [-0.25, -0.2) is 0 Å². The third-order valence-corrected chi connectivity index (χ3v) is 11.3. The highest BCUT2D eigenvalue weighted by Gasteiger charge is 2.19. The number of esters is 3. The molecule has 0 aliphatic carbocycles. The summed E-state index contributed by atoms with van der Waals surface area (Å²) in [5.41, 5.74) is 0. The molecule has 0 amide bonds. The zero-order valence-electron chi connectivity index (χ0n) is 40.9. The first-order valence-corrected chi connectivity index (χ1v) is 26.3. The van der Waals surface area contributed by atoms with Gasteiger partial charge in [-0.3, -0.25) is 14.4 Å². The molecular formula is C56H98O6. The molecule has 0 saturated heterocycles. The van der Waals surface area contributed by atoms with Gasteiger partial charge in [0.25, 0.3) is 0 Å². The lowest BCUT2D eigenvalue weighted by atomic mass is 10.0. The van der Waals surface area contributed by atoms with Crippen LogP contribution in [0.1, 0.15) is 258 Å². The van der Waals surface area contributed by atoms with Gasteiger partial charge in [0.1, 0.15) is 13.2 Å². The maximum Gasteiger partial charge on any atom is 0.306 e. The molecule has 0 heterocycles. The molecule has 0 fully saturated rings. The van der Waals surface area contributed by atoms with Gasteiger partial charge >= 0.3 is 17.9 Å². The number of ether oxygens (including phenoxy) is 3. The molecular weight excluding hydrogens is 769 g/mol. The Morgan fingerprint density at radius 1 is 0.339 bits per heavy atom. The molecule has 0 aromatic carbocycles. The minimum absolute atomic E-state index is 0.0817. The van der Waals surface area contributed by atoms with Crippen LogP contribution in [0.2, 0.25) is 0 Å². The van der Waals surface area contributed by atoms with E-state index in [4.69, 9.17) is 14.2 Å². The molecule has 0 rings (SSSR count). The number of allylic oxidation sites excluding steroid dienone is 10. The van der Waals surface area contributed by atoms with Crippen molar-refractivity contribution in [3.63, 3.8) is 0 Å². The summed E-state index contributed by atoms with van der Waals surface area (Å²) in [6.45, 7) is 6.47. The second-order valence-corrected chi connectivity index (χ2v) is 17.5. The van der Waals surface area contributed by atoms with Crippen molar-refractivity contribution < 1.29 is 28.6 Å². The Morgan fingerprint density at radius 3 is 1.02 bits per heavy atom. The van der Waals surface area contributed by atoms with Gasteiger partial charge in [0.05, 0.1) is 0 Å². The lowest BCUT2D eigenvalue weighted by Crippen LogP contribution is -2.30. The fourth-order valence-corrected chi connectivity index (χ4v) is 7.37. The molecule has 6 heteroatoms. The average molecular weight is 867 g/mol. The van der Waals surface area contributed by atoms with Crippen molar-refractivity contribution in [2.45, 2.75) is 264 Å². The van der Waals surface area contributed by atoms with Gasteiger partial charge in [-0.15, -0.1) is 0 Å². The second-order valence-electron chi connectivity index (χ2n) is 17.5. The van der Waals surface area contributed by atoms with E-state index in [0.717, 1.165) is 83.5 Å². The molecule has 0 N–H and O–H groups in total. The van der Waals surface area contributed by atoms with Crippen LogP contribution in [0.4, 0.5) is 0 Å². The SMILES string of the molecule is CC\C=C/C=C\C=C/CCCCCCCC(=O)OC(COC(=O)CCCCCCCCCCCC/C=C\C=C/CCCCC)COC(=O)CCCCCCCCCCCCCC. The van der Waals surface area contributed by atoms with E-state index in [-0.39, 0.29) is 31.1 Å². The molecule has 0 aliphatic rings. The Balaban J connectivity index is 4.35. The van der Waals surface area contributed by atoms with E-state index in [2.05, 4.69) is 81.5 Å². The van der Waals surface area contributed by atoms with Crippen molar-refractivity contribution in [3.05, 3.63) is 60.8 Å². The van der Waals surface area contributed by atoms with Crippen LogP contribution < -0.4 is 0 Å². The molecule has 0 aliphatic heterocycles. The van der Waals surface area contributed by atoms with Gasteiger partial charge in [-0.1, -0.05) is 236 Å². The van der Waals surface area contributed by atoms with E-state index in [1.165, 1.54) is 135 Å². The van der Waals surface area contributed by atoms with Crippen molar-refractivity contribution in [1.82, 2.24) is 0 Å². The van der Waals surface area contributed by atoms with E-state index in [0.29, 0.717) is 19.3 Å². The highest BCUT2D eigenvalue weighted by atomic mass is 16.6. The van der Waals surface area contributed by atoms with Gasteiger partial charge in [0.2, 0.25) is 0 Å². The summed E-state index contributed by atoms with van der Waals surface area (Å²) >= 11 is 0. The molecule has 6 nitrogen and oxygen atoms in total. The molecule has 1 atom stereocenters. The summed E-state index contributed by atoms with van der Waals surface area (Å²) < 4.78 is 16.8. The van der Waals surface area contributed by atoms with E-state index in [1.807, 2.05) is 0 Å². The van der Waals surface area contributed by atoms with E-state index < -0.39 is 6.10 Å². The fraction of sp³-hybridized carbons (Fsp3) is 0.768. The Labute approximate surface area is 383 Å². The van der Waals surface area contributed by atoms with E-state index in [9.17, 15) is 14.4 Å². The van der Waals surface area contributed by atoms with Crippen LogP contribution in [0, 0.1) is 0 Å². The standard InChI is InChI=1S/C56H98O6/c1-4-7-10-13-16-19-22-25-26-27-28-29-30-32-34-37-40-43-46-49-55(58)61-52-53(51-60-54(57)48-45-42-39-36-33-24-21-18-15-12-9-6-3)62-56(59)50-47-44-41-38-35-31-23-20-17-14-11-8-5-2/h8,11,14,16-17,19-20,22-23,25,53H,4-7,9-10,12-13,15,18,21,24,26-52H2,1-3H3/b11-8-,17-14-,19-16-,23-20-,25-22-. The van der Waals surface area contributed by atoms with Crippen LogP contribution in [-0.2, 0) is 28.6 Å². The molecule has 358 valence electrons. The Bertz CT molecular complexity index is 1130. The highest BCUT2D eigenvalue weighted by Crippen LogP contribution is 2.15. The van der Waals surface area contributed by atoms with Crippen LogP contribution in [0.25, 0.3) is 0 Å². The van der Waals surface area contributed by atoms with Crippen LogP contribution in [0.15, 0.2) is 60.8 Å². The van der Waals surface area contributed by atoms with E-state index >= 15 is 0 Å². The second kappa shape index (κ2) is 50.8. The molecule has 0 aromatic heterocycles. The largest absolute Gasteiger partial charge is 0.462 e. The molecule has 62 heavy (non-hydrogen) atoms. The first kappa shape index (κ1) is 59.1. The van der Waals surface area contributed by atoms with Crippen LogP contribution >= 0.6 is 0 Å². The number of hydrogen-bond donors (Lipinski definition) is 0. The summed E-state index contributed by atoms with van der Waals surface area (Å²) in [7, 11) is 0. The maximum absolute atomic E-state index is 12.8. The summed E-state index contributed by atoms with van der Waals surface area (Å²) in [4.78, 5) is 38.0. The lowest BCUT2D eigenvalue weighted by molar-refractivity contribution is -0.167. The monoisotopic (exact) mass is 867 g/mol. The summed E-state index contributed by atoms with van der Waals surface area (Å²) in [5.74, 6) is -0.901. The zero-order chi connectivity index (χ0) is 45.1. The molecule has 0 radical (unpaired) electrons. The Kier molecular flexibility index (Phi) is 48.4. The normalized spacial score (nSPS) is 12.5. The maximum atomic E-state index is 12.8. The van der Waals surface area contributed by atoms with Gasteiger partial charge in [-0.05, 0) is 64.2 Å². The summed E-state index contributed by atoms with van der Waals surface area (Å²) in [6, 6.07) is 0. The predicted molar refractivity (Wildman–Crippen MR) is 265 cm³/mol. The molecule has 1 unspecified atom stereocenters. The van der Waals surface area contributed by atoms with Crippen molar-refractivity contribution in [3.8, 4) is 0 Å². The van der Waals surface area contributed by atoms with Crippen molar-refractivity contribution in [1.29, 1.82) is 0 Å². The van der Waals surface area contributed by atoms with Crippen LogP contribution in [-0.4, -0.2) is 37.2 Å². The van der Waals surface area contributed by atoms with Crippen molar-refractivity contribution >= 4 is 17.9 Å². The van der Waals surface area contributed by atoms with Crippen LogP contribution in [0.5, 0.6) is 0 Å². The van der Waals surface area contributed by atoms with Gasteiger partial charge in [0.15, 0.2) is 6.10 Å². The predicted octanol–water partition coefficient (Wildman–Crippen LogP) is 17.3. The quantitative estimate of drug-likeness (QED) is 0.0262. The van der Waals surface area contributed by atoms with Crippen molar-refractivity contribution in [2.24, 2.45) is 0 Å². The van der Waals surface area contributed by atoms with Crippen LogP contribution in [0.3, 0.4) is 0 Å². The topological polar surface area (TPSA) is 78.9 Å². The fourth-order valence-electron chi connectivity index (χ4n) is 7.37. The van der Waals surface area contributed by atoms with Crippen molar-refractivity contribution in [2.75, 3.05) is 13.2 Å².